The van der Waals surface area contributed by atoms with Gasteiger partial charge in [-0.25, -0.2) is 17.5 Å². The first-order chi connectivity index (χ1) is 8.57. The number of hydrogen-bond acceptors (Lipinski definition) is 3. The zero-order chi connectivity index (χ0) is 13.0. The van der Waals surface area contributed by atoms with Crippen molar-refractivity contribution in [2.45, 2.75) is 12.3 Å². The Hall–Kier alpha value is -1.24. The number of halogens is 1. The van der Waals surface area contributed by atoms with Crippen LogP contribution in [0.4, 0.5) is 4.39 Å². The Bertz CT molecular complexity index is 609. The second-order valence-electron chi connectivity index (χ2n) is 3.80. The van der Waals surface area contributed by atoms with Crippen molar-refractivity contribution in [2.75, 3.05) is 0 Å². The van der Waals surface area contributed by atoms with Crippen LogP contribution in [0.1, 0.15) is 11.1 Å². The van der Waals surface area contributed by atoms with Gasteiger partial charge in [0.1, 0.15) is 5.82 Å². The highest BCUT2D eigenvalue weighted by Gasteiger charge is 2.13. The minimum absolute atomic E-state index is 0.176. The van der Waals surface area contributed by atoms with E-state index in [1.54, 1.807) is 6.07 Å². The molecule has 1 aromatic heterocycles. The maximum Gasteiger partial charge on any atom is 0.216 e. The van der Waals surface area contributed by atoms with E-state index < -0.39 is 15.8 Å². The van der Waals surface area contributed by atoms with Crippen LogP contribution in [0.5, 0.6) is 0 Å². The SMILES string of the molecule is O=S(=O)(Cc1ccccc1F)NCc1ccsc1. The summed E-state index contributed by atoms with van der Waals surface area (Å²) in [5.41, 5.74) is 1.08. The lowest BCUT2D eigenvalue weighted by molar-refractivity contribution is 0.574. The van der Waals surface area contributed by atoms with E-state index >= 15 is 0 Å². The van der Waals surface area contributed by atoms with Crippen molar-refractivity contribution >= 4 is 21.4 Å². The number of rotatable bonds is 5. The summed E-state index contributed by atoms with van der Waals surface area (Å²) in [5, 5.41) is 3.74. The van der Waals surface area contributed by atoms with Crippen LogP contribution < -0.4 is 4.72 Å². The molecule has 0 aliphatic carbocycles. The molecule has 0 aliphatic rings. The Morgan fingerprint density at radius 3 is 2.67 bits per heavy atom. The van der Waals surface area contributed by atoms with E-state index in [0.29, 0.717) is 0 Å². The molecular weight excluding hydrogens is 273 g/mol. The summed E-state index contributed by atoms with van der Waals surface area (Å²) in [7, 11) is -3.52. The molecule has 0 atom stereocenters. The van der Waals surface area contributed by atoms with Gasteiger partial charge in [-0.05, 0) is 28.5 Å². The third-order valence-electron chi connectivity index (χ3n) is 2.38. The van der Waals surface area contributed by atoms with Gasteiger partial charge in [0.2, 0.25) is 10.0 Å². The van der Waals surface area contributed by atoms with E-state index in [0.717, 1.165) is 5.56 Å². The standard InChI is InChI=1S/C12H12FNO2S2/c13-12-4-2-1-3-11(12)9-18(15,16)14-7-10-5-6-17-8-10/h1-6,8,14H,7,9H2. The van der Waals surface area contributed by atoms with Crippen molar-refractivity contribution in [2.24, 2.45) is 0 Å². The molecule has 96 valence electrons. The van der Waals surface area contributed by atoms with Gasteiger partial charge in [-0.2, -0.15) is 11.3 Å². The van der Waals surface area contributed by atoms with Crippen molar-refractivity contribution in [3.8, 4) is 0 Å². The fraction of sp³-hybridized carbons (Fsp3) is 0.167. The van der Waals surface area contributed by atoms with Gasteiger partial charge in [0, 0.05) is 12.1 Å². The summed E-state index contributed by atoms with van der Waals surface area (Å²) >= 11 is 1.50. The zero-order valence-corrected chi connectivity index (χ0v) is 11.1. The fourth-order valence-corrected chi connectivity index (χ4v) is 3.26. The zero-order valence-electron chi connectivity index (χ0n) is 9.47. The van der Waals surface area contributed by atoms with Crippen molar-refractivity contribution in [1.29, 1.82) is 0 Å². The number of sulfonamides is 1. The number of thiophene rings is 1. The highest BCUT2D eigenvalue weighted by molar-refractivity contribution is 7.88. The summed E-state index contributed by atoms with van der Waals surface area (Å²) in [6.45, 7) is 0.236. The van der Waals surface area contributed by atoms with Crippen molar-refractivity contribution in [3.63, 3.8) is 0 Å². The van der Waals surface area contributed by atoms with E-state index in [4.69, 9.17) is 0 Å². The molecule has 2 aromatic rings. The molecule has 0 amide bonds. The molecule has 0 saturated carbocycles. The summed E-state index contributed by atoms with van der Waals surface area (Å²) in [4.78, 5) is 0. The quantitative estimate of drug-likeness (QED) is 0.917. The Morgan fingerprint density at radius 1 is 1.22 bits per heavy atom. The second kappa shape index (κ2) is 5.60. The number of benzene rings is 1. The fourth-order valence-electron chi connectivity index (χ4n) is 1.46. The molecule has 18 heavy (non-hydrogen) atoms. The number of hydrogen-bond donors (Lipinski definition) is 1. The van der Waals surface area contributed by atoms with Crippen LogP contribution in [0, 0.1) is 5.82 Å². The predicted octanol–water partition coefficient (Wildman–Crippen LogP) is 2.51. The van der Waals surface area contributed by atoms with E-state index in [2.05, 4.69) is 4.72 Å². The van der Waals surface area contributed by atoms with Crippen molar-refractivity contribution in [1.82, 2.24) is 4.72 Å². The highest BCUT2D eigenvalue weighted by atomic mass is 32.2. The van der Waals surface area contributed by atoms with E-state index in [1.165, 1.54) is 29.5 Å². The minimum atomic E-state index is -3.52. The average Bonchev–Trinajstić information content (AvgIpc) is 2.83. The van der Waals surface area contributed by atoms with Crippen molar-refractivity contribution < 1.29 is 12.8 Å². The van der Waals surface area contributed by atoms with E-state index in [1.807, 2.05) is 16.8 Å². The lowest BCUT2D eigenvalue weighted by Gasteiger charge is -2.06. The molecule has 0 aliphatic heterocycles. The molecule has 6 heteroatoms. The molecule has 2 rings (SSSR count). The lowest BCUT2D eigenvalue weighted by atomic mass is 10.2. The van der Waals surface area contributed by atoms with E-state index in [-0.39, 0.29) is 17.9 Å². The smallest absolute Gasteiger partial charge is 0.212 e. The molecule has 0 unspecified atom stereocenters. The third-order valence-corrected chi connectivity index (χ3v) is 4.39. The number of nitrogens with one attached hydrogen (secondary N) is 1. The molecule has 0 fully saturated rings. The molecule has 1 aromatic carbocycles. The summed E-state index contributed by atoms with van der Waals surface area (Å²) in [6, 6.07) is 7.72. The maximum absolute atomic E-state index is 13.3. The van der Waals surface area contributed by atoms with Gasteiger partial charge >= 0.3 is 0 Å². The minimum Gasteiger partial charge on any atom is -0.212 e. The second-order valence-corrected chi connectivity index (χ2v) is 6.39. The molecule has 1 heterocycles. The average molecular weight is 285 g/mol. The van der Waals surface area contributed by atoms with Crippen LogP contribution in [-0.4, -0.2) is 8.42 Å². The Balaban J connectivity index is 2.02. The monoisotopic (exact) mass is 285 g/mol. The largest absolute Gasteiger partial charge is 0.216 e. The topological polar surface area (TPSA) is 46.2 Å². The first-order valence-corrected chi connectivity index (χ1v) is 7.88. The Morgan fingerprint density at radius 2 is 2.00 bits per heavy atom. The molecule has 0 bridgehead atoms. The van der Waals surface area contributed by atoms with Gasteiger partial charge in [0.05, 0.1) is 5.75 Å². The van der Waals surface area contributed by atoms with Gasteiger partial charge in [-0.1, -0.05) is 18.2 Å². The van der Waals surface area contributed by atoms with Crippen LogP contribution in [0.15, 0.2) is 41.1 Å². The van der Waals surface area contributed by atoms with Crippen LogP contribution in [0.2, 0.25) is 0 Å². The summed E-state index contributed by atoms with van der Waals surface area (Å²) in [6.07, 6.45) is 0. The summed E-state index contributed by atoms with van der Waals surface area (Å²) < 4.78 is 39.3. The first-order valence-electron chi connectivity index (χ1n) is 5.29. The molecule has 0 spiro atoms. The molecule has 3 nitrogen and oxygen atoms in total. The van der Waals surface area contributed by atoms with Crippen LogP contribution in [-0.2, 0) is 22.3 Å². The molecule has 0 radical (unpaired) electrons. The van der Waals surface area contributed by atoms with Gasteiger partial charge in [0.25, 0.3) is 0 Å². The van der Waals surface area contributed by atoms with Crippen LogP contribution in [0.25, 0.3) is 0 Å². The first kappa shape index (κ1) is 13.2. The molecular formula is C12H12FNO2S2. The van der Waals surface area contributed by atoms with Gasteiger partial charge in [0.15, 0.2) is 0 Å². The highest BCUT2D eigenvalue weighted by Crippen LogP contribution is 2.11. The molecule has 1 N–H and O–H groups in total. The Kier molecular flexibility index (Phi) is 4.11. The Labute approximate surface area is 109 Å². The van der Waals surface area contributed by atoms with Crippen molar-refractivity contribution in [3.05, 3.63) is 58.0 Å². The molecule has 0 saturated heterocycles. The van der Waals surface area contributed by atoms with Crippen LogP contribution >= 0.6 is 11.3 Å². The normalized spacial score (nSPS) is 11.6. The van der Waals surface area contributed by atoms with Crippen LogP contribution in [0.3, 0.4) is 0 Å². The van der Waals surface area contributed by atoms with E-state index in [9.17, 15) is 12.8 Å². The maximum atomic E-state index is 13.3. The summed E-state index contributed by atoms with van der Waals surface area (Å²) in [5.74, 6) is -0.845. The third kappa shape index (κ3) is 3.63. The van der Waals surface area contributed by atoms with Gasteiger partial charge in [-0.15, -0.1) is 0 Å². The van der Waals surface area contributed by atoms with Gasteiger partial charge in [-0.3, -0.25) is 0 Å². The lowest BCUT2D eigenvalue weighted by Crippen LogP contribution is -2.24. The van der Waals surface area contributed by atoms with Gasteiger partial charge < -0.3 is 0 Å². The predicted molar refractivity (Wildman–Crippen MR) is 70.2 cm³/mol.